The molecule has 1 aliphatic heterocycles. The Balaban J connectivity index is 1.98. The maximum Gasteiger partial charge on any atom is 0.0424 e. The third-order valence-electron chi connectivity index (χ3n) is 2.96. The van der Waals surface area contributed by atoms with E-state index in [-0.39, 0.29) is 0 Å². The topological polar surface area (TPSA) is 29.3 Å². The van der Waals surface area contributed by atoms with E-state index in [9.17, 15) is 0 Å². The summed E-state index contributed by atoms with van der Waals surface area (Å²) in [4.78, 5) is 2.39. The number of likely N-dealkylation sites (tertiary alicyclic amines) is 1. The van der Waals surface area contributed by atoms with E-state index in [1.54, 1.807) is 6.07 Å². The van der Waals surface area contributed by atoms with E-state index in [1.165, 1.54) is 5.56 Å². The van der Waals surface area contributed by atoms with Crippen LogP contribution in [0.1, 0.15) is 18.4 Å². The maximum absolute atomic E-state index is 5.97. The van der Waals surface area contributed by atoms with Gasteiger partial charge in [0, 0.05) is 22.6 Å². The maximum atomic E-state index is 5.97. The van der Waals surface area contributed by atoms with E-state index in [1.807, 2.05) is 12.1 Å². The lowest BCUT2D eigenvalue weighted by atomic mass is 10.1. The second-order valence-electron chi connectivity index (χ2n) is 4.39. The van der Waals surface area contributed by atoms with Crippen LogP contribution in [0.25, 0.3) is 0 Å². The van der Waals surface area contributed by atoms with Gasteiger partial charge in [-0.3, -0.25) is 4.90 Å². The molecule has 0 atom stereocenters. The predicted octanol–water partition coefficient (Wildman–Crippen LogP) is 2.92. The number of benzene rings is 1. The Bertz CT molecular complexity index is 340. The zero-order chi connectivity index (χ0) is 11.5. The Kier molecular flexibility index (Phi) is 4.09. The molecule has 1 aromatic rings. The van der Waals surface area contributed by atoms with E-state index in [0.717, 1.165) is 32.5 Å². The summed E-state index contributed by atoms with van der Waals surface area (Å²) >= 11 is 11.9. The minimum absolute atomic E-state index is 0.374. The first-order valence-electron chi connectivity index (χ1n) is 5.56. The molecule has 0 radical (unpaired) electrons. The molecule has 1 heterocycles. The van der Waals surface area contributed by atoms with Gasteiger partial charge >= 0.3 is 0 Å². The normalized spacial score (nSPS) is 18.9. The van der Waals surface area contributed by atoms with Gasteiger partial charge in [-0.2, -0.15) is 0 Å². The molecule has 0 aromatic heterocycles. The molecular formula is C12H16Cl2N2. The molecule has 1 saturated heterocycles. The zero-order valence-corrected chi connectivity index (χ0v) is 10.6. The van der Waals surface area contributed by atoms with Gasteiger partial charge in [-0.15, -0.1) is 0 Å². The second-order valence-corrected chi connectivity index (χ2v) is 5.26. The lowest BCUT2D eigenvalue weighted by Crippen LogP contribution is -2.39. The van der Waals surface area contributed by atoms with Crippen LogP contribution in [0.5, 0.6) is 0 Å². The molecule has 4 heteroatoms. The number of nitrogens with zero attached hydrogens (tertiary/aromatic N) is 1. The van der Waals surface area contributed by atoms with Gasteiger partial charge in [0.25, 0.3) is 0 Å². The van der Waals surface area contributed by atoms with Gasteiger partial charge in [-0.25, -0.2) is 0 Å². The fraction of sp³-hybridized carbons (Fsp3) is 0.500. The fourth-order valence-corrected chi connectivity index (χ4v) is 2.64. The highest BCUT2D eigenvalue weighted by Crippen LogP contribution is 2.21. The average Bonchev–Trinajstić information content (AvgIpc) is 2.20. The quantitative estimate of drug-likeness (QED) is 0.884. The van der Waals surface area contributed by atoms with Crippen LogP contribution in [0.2, 0.25) is 10.0 Å². The lowest BCUT2D eigenvalue weighted by Gasteiger charge is -2.30. The van der Waals surface area contributed by atoms with Gasteiger partial charge in [-0.1, -0.05) is 23.2 Å². The smallest absolute Gasteiger partial charge is 0.0424 e. The molecule has 16 heavy (non-hydrogen) atoms. The largest absolute Gasteiger partial charge is 0.328 e. The molecular weight excluding hydrogens is 243 g/mol. The highest BCUT2D eigenvalue weighted by atomic mass is 35.5. The molecule has 88 valence electrons. The van der Waals surface area contributed by atoms with Gasteiger partial charge in [-0.05, 0) is 49.7 Å². The van der Waals surface area contributed by atoms with E-state index < -0.39 is 0 Å². The molecule has 0 unspecified atom stereocenters. The van der Waals surface area contributed by atoms with E-state index >= 15 is 0 Å². The zero-order valence-electron chi connectivity index (χ0n) is 9.13. The minimum Gasteiger partial charge on any atom is -0.328 e. The molecule has 2 nitrogen and oxygen atoms in total. The number of hydrogen-bond acceptors (Lipinski definition) is 2. The molecule has 0 saturated carbocycles. The molecule has 2 rings (SSSR count). The molecule has 2 N–H and O–H groups in total. The molecule has 1 aromatic carbocycles. The van der Waals surface area contributed by atoms with Gasteiger partial charge in [0.2, 0.25) is 0 Å². The van der Waals surface area contributed by atoms with Crippen LogP contribution in [-0.2, 0) is 6.54 Å². The van der Waals surface area contributed by atoms with Gasteiger partial charge in [0.05, 0.1) is 0 Å². The van der Waals surface area contributed by atoms with Crippen molar-refractivity contribution < 1.29 is 0 Å². The van der Waals surface area contributed by atoms with Crippen LogP contribution in [0.15, 0.2) is 18.2 Å². The number of halogens is 2. The van der Waals surface area contributed by atoms with Crippen molar-refractivity contribution in [1.82, 2.24) is 4.90 Å². The van der Waals surface area contributed by atoms with Crippen molar-refractivity contribution in [3.8, 4) is 0 Å². The fourth-order valence-electron chi connectivity index (χ4n) is 2.07. The van der Waals surface area contributed by atoms with Crippen molar-refractivity contribution in [3.63, 3.8) is 0 Å². The molecule has 0 amide bonds. The van der Waals surface area contributed by atoms with Crippen LogP contribution in [0, 0.1) is 0 Å². The summed E-state index contributed by atoms with van der Waals surface area (Å²) in [7, 11) is 0. The predicted molar refractivity (Wildman–Crippen MR) is 68.9 cm³/mol. The van der Waals surface area contributed by atoms with Crippen LogP contribution in [-0.4, -0.2) is 24.0 Å². The first-order valence-corrected chi connectivity index (χ1v) is 6.32. The molecule has 1 aliphatic rings. The van der Waals surface area contributed by atoms with Crippen LogP contribution >= 0.6 is 23.2 Å². The van der Waals surface area contributed by atoms with Crippen molar-refractivity contribution in [2.75, 3.05) is 13.1 Å². The summed E-state index contributed by atoms with van der Waals surface area (Å²) in [6.07, 6.45) is 2.16. The Morgan fingerprint density at radius 3 is 2.25 bits per heavy atom. The Hall–Kier alpha value is -0.280. The van der Waals surface area contributed by atoms with Crippen molar-refractivity contribution >= 4 is 23.2 Å². The third-order valence-corrected chi connectivity index (χ3v) is 3.40. The third kappa shape index (κ3) is 3.36. The van der Waals surface area contributed by atoms with Gasteiger partial charge in [0.1, 0.15) is 0 Å². The molecule has 1 fully saturated rings. The Morgan fingerprint density at radius 2 is 1.69 bits per heavy atom. The summed E-state index contributed by atoms with van der Waals surface area (Å²) in [6, 6.07) is 6.09. The van der Waals surface area contributed by atoms with E-state index in [4.69, 9.17) is 28.9 Å². The SMILES string of the molecule is NC1CCN(Cc2cc(Cl)cc(Cl)c2)CC1. The monoisotopic (exact) mass is 258 g/mol. The summed E-state index contributed by atoms with van der Waals surface area (Å²) in [5.41, 5.74) is 7.04. The number of hydrogen-bond donors (Lipinski definition) is 1. The Morgan fingerprint density at radius 1 is 1.12 bits per heavy atom. The van der Waals surface area contributed by atoms with Crippen LogP contribution in [0.4, 0.5) is 0 Å². The van der Waals surface area contributed by atoms with E-state index in [2.05, 4.69) is 4.90 Å². The highest BCUT2D eigenvalue weighted by Gasteiger charge is 2.16. The molecule has 0 spiro atoms. The lowest BCUT2D eigenvalue weighted by molar-refractivity contribution is 0.205. The number of nitrogens with two attached hydrogens (primary N) is 1. The summed E-state index contributed by atoms with van der Waals surface area (Å²) in [5.74, 6) is 0. The molecule has 0 bridgehead atoms. The van der Waals surface area contributed by atoms with Crippen LogP contribution in [0.3, 0.4) is 0 Å². The number of piperidine rings is 1. The van der Waals surface area contributed by atoms with Crippen molar-refractivity contribution in [2.45, 2.75) is 25.4 Å². The summed E-state index contributed by atoms with van der Waals surface area (Å²) in [5, 5.41) is 1.41. The first-order chi connectivity index (χ1) is 7.63. The highest BCUT2D eigenvalue weighted by molar-refractivity contribution is 6.34. The van der Waals surface area contributed by atoms with Crippen LogP contribution < -0.4 is 5.73 Å². The summed E-state index contributed by atoms with van der Waals surface area (Å²) < 4.78 is 0. The Labute approximate surface area is 106 Å². The van der Waals surface area contributed by atoms with Crippen molar-refractivity contribution in [3.05, 3.63) is 33.8 Å². The van der Waals surface area contributed by atoms with Crippen molar-refractivity contribution in [1.29, 1.82) is 0 Å². The minimum atomic E-state index is 0.374. The van der Waals surface area contributed by atoms with Gasteiger partial charge < -0.3 is 5.73 Å². The standard InChI is InChI=1S/C12H16Cl2N2/c13-10-5-9(6-11(14)7-10)8-16-3-1-12(15)2-4-16/h5-7,12H,1-4,8,15H2. The van der Waals surface area contributed by atoms with Gasteiger partial charge in [0.15, 0.2) is 0 Å². The number of rotatable bonds is 2. The van der Waals surface area contributed by atoms with E-state index in [0.29, 0.717) is 16.1 Å². The summed E-state index contributed by atoms with van der Waals surface area (Å²) in [6.45, 7) is 3.03. The molecule has 0 aliphatic carbocycles. The van der Waals surface area contributed by atoms with Crippen molar-refractivity contribution in [2.24, 2.45) is 5.73 Å². The second kappa shape index (κ2) is 5.37. The average molecular weight is 259 g/mol. The first kappa shape index (κ1) is 12.2.